The van der Waals surface area contributed by atoms with Crippen LogP contribution in [0.5, 0.6) is 0 Å². The van der Waals surface area contributed by atoms with Crippen LogP contribution in [0.15, 0.2) is 55.0 Å². The first-order chi connectivity index (χ1) is 28.5. The van der Waals surface area contributed by atoms with Crippen LogP contribution in [0.4, 0.5) is 10.9 Å². The monoisotopic (exact) mass is 797 g/mol. The topological polar surface area (TPSA) is 158 Å². The van der Waals surface area contributed by atoms with Crippen LogP contribution in [0.1, 0.15) is 74.0 Å². The van der Waals surface area contributed by atoms with Gasteiger partial charge in [-0.25, -0.2) is 9.50 Å². The zero-order valence-corrected chi connectivity index (χ0v) is 33.3. The summed E-state index contributed by atoms with van der Waals surface area (Å²) in [6, 6.07) is 15.3. The van der Waals surface area contributed by atoms with Gasteiger partial charge >= 0.3 is 0 Å². The summed E-state index contributed by atoms with van der Waals surface area (Å²) in [4.78, 5) is 41.2. The third-order valence-electron chi connectivity index (χ3n) is 13.1. The maximum absolute atomic E-state index is 12.3. The van der Waals surface area contributed by atoms with Crippen molar-refractivity contribution in [3.63, 3.8) is 0 Å². The van der Waals surface area contributed by atoms with Crippen molar-refractivity contribution in [2.75, 3.05) is 55.7 Å². The fourth-order valence-corrected chi connectivity index (χ4v) is 10.7. The molecule has 0 saturated carbocycles. The number of anilines is 2. The Morgan fingerprint density at radius 3 is 2.52 bits per heavy atom. The molecule has 15 heteroatoms. The first-order valence-electron chi connectivity index (χ1n) is 20.8. The summed E-state index contributed by atoms with van der Waals surface area (Å²) in [6.45, 7) is 6.70. The highest BCUT2D eigenvalue weighted by molar-refractivity contribution is 7.18. The van der Waals surface area contributed by atoms with E-state index in [1.165, 1.54) is 18.4 Å². The SMILES string of the molecule is N#Cc1cnn2c(-c3cc(CC[C@@H]4CCOC4)c(-c4nnc(N5CC6CCC(C5)N6CC5CCN(c6ccc([C@@H]7CCC(=O)NC7=O)cn6)CC5)s4)cn3)ccc2c1. The number of imide groups is 1. The number of amides is 2. The molecule has 2 amide bonds. The summed E-state index contributed by atoms with van der Waals surface area (Å²) in [5.41, 5.74) is 6.26. The second kappa shape index (κ2) is 15.8. The molecule has 0 radical (unpaired) electrons. The van der Waals surface area contributed by atoms with Gasteiger partial charge in [0.15, 0.2) is 5.01 Å². The van der Waals surface area contributed by atoms with E-state index in [4.69, 9.17) is 24.9 Å². The van der Waals surface area contributed by atoms with E-state index in [0.717, 1.165) is 122 Å². The molecule has 5 aromatic rings. The number of nitrogens with one attached hydrogen (secondary N) is 1. The number of nitriles is 1. The van der Waals surface area contributed by atoms with Gasteiger partial charge in [-0.3, -0.25) is 24.8 Å². The molecule has 58 heavy (non-hydrogen) atoms. The lowest BCUT2D eigenvalue weighted by Gasteiger charge is -2.43. The van der Waals surface area contributed by atoms with Gasteiger partial charge in [0.05, 0.1) is 34.6 Å². The van der Waals surface area contributed by atoms with Gasteiger partial charge in [0.2, 0.25) is 16.9 Å². The molecule has 5 aromatic heterocycles. The van der Waals surface area contributed by atoms with Crippen molar-refractivity contribution in [2.24, 2.45) is 11.8 Å². The number of hydrogen-bond acceptors (Lipinski definition) is 13. The highest BCUT2D eigenvalue weighted by atomic mass is 32.1. The molecular weight excluding hydrogens is 751 g/mol. The van der Waals surface area contributed by atoms with Gasteiger partial charge in [-0.2, -0.15) is 10.4 Å². The molecule has 298 valence electrons. The zero-order valence-electron chi connectivity index (χ0n) is 32.5. The Hall–Kier alpha value is -5.30. The number of rotatable bonds is 10. The van der Waals surface area contributed by atoms with E-state index in [9.17, 15) is 14.9 Å². The number of ether oxygens (including phenoxy) is 1. The number of pyridine rings is 2. The number of piperidine rings is 2. The average Bonchev–Trinajstić information content (AvgIpc) is 4.08. The summed E-state index contributed by atoms with van der Waals surface area (Å²) in [5, 5.41) is 27.8. The van der Waals surface area contributed by atoms with Crippen LogP contribution in [0.25, 0.3) is 27.5 Å². The molecule has 0 aliphatic carbocycles. The van der Waals surface area contributed by atoms with Gasteiger partial charge in [0, 0.05) is 82.4 Å². The Bertz CT molecular complexity index is 2340. The van der Waals surface area contributed by atoms with Gasteiger partial charge < -0.3 is 14.5 Å². The minimum absolute atomic E-state index is 0.193. The van der Waals surface area contributed by atoms with E-state index in [2.05, 4.69) is 37.3 Å². The molecule has 14 nitrogen and oxygen atoms in total. The standard InChI is InChI=1S/C43H47N11O3S/c44-19-29-17-32-6-8-38(54(32)47-20-29)37-18-30(2-1-28-13-16-57-26-28)36(22-45-37)42-49-50-43(58-42)52-24-33-4-5-34(25-52)53(33)23-27-11-14-51(15-12-27)39-9-3-31(21-46-39)35-7-10-40(55)48-41(35)56/h3,6,8-9,17-18,20-22,27-28,33-35H,1-2,4-5,7,10-16,23-26H2,(H,48,55,56)/t28-,33?,34?,35+/m1/s1. The van der Waals surface area contributed by atoms with Gasteiger partial charge in [-0.1, -0.05) is 17.4 Å². The summed E-state index contributed by atoms with van der Waals surface area (Å²) in [7, 11) is 0. The molecule has 5 saturated heterocycles. The molecule has 5 aliphatic heterocycles. The number of carbonyl (C=O) groups is 2. The Kier molecular flexibility index (Phi) is 10.1. The number of fused-ring (bicyclic) bond motifs is 3. The maximum Gasteiger partial charge on any atom is 0.234 e. The molecule has 10 rings (SSSR count). The predicted molar refractivity (Wildman–Crippen MR) is 219 cm³/mol. The number of carbonyl (C=O) groups excluding carboxylic acids is 2. The Balaban J connectivity index is 0.785. The average molecular weight is 798 g/mol. The van der Waals surface area contributed by atoms with Gasteiger partial charge in [0.1, 0.15) is 11.9 Å². The highest BCUT2D eigenvalue weighted by Crippen LogP contribution is 2.39. The maximum atomic E-state index is 12.3. The van der Waals surface area contributed by atoms with E-state index < -0.39 is 0 Å². The Morgan fingerprint density at radius 2 is 1.76 bits per heavy atom. The minimum Gasteiger partial charge on any atom is -0.381 e. The van der Waals surface area contributed by atoms with E-state index in [0.29, 0.717) is 42.3 Å². The Labute approximate surface area is 341 Å². The van der Waals surface area contributed by atoms with Crippen LogP contribution in [0.2, 0.25) is 0 Å². The number of piperazine rings is 1. The Morgan fingerprint density at radius 1 is 0.897 bits per heavy atom. The van der Waals surface area contributed by atoms with Gasteiger partial charge in [-0.15, -0.1) is 10.2 Å². The van der Waals surface area contributed by atoms with Crippen LogP contribution in [-0.2, 0) is 20.7 Å². The fraction of sp³-hybridized carbons (Fsp3) is 0.488. The third-order valence-corrected chi connectivity index (χ3v) is 14.1. The molecule has 0 aromatic carbocycles. The largest absolute Gasteiger partial charge is 0.381 e. The smallest absolute Gasteiger partial charge is 0.234 e. The lowest BCUT2D eigenvalue weighted by molar-refractivity contribution is -0.134. The van der Waals surface area contributed by atoms with E-state index in [-0.39, 0.29) is 17.7 Å². The lowest BCUT2D eigenvalue weighted by atomic mass is 9.91. The highest BCUT2D eigenvalue weighted by Gasteiger charge is 2.42. The quantitative estimate of drug-likeness (QED) is 0.184. The zero-order chi connectivity index (χ0) is 39.2. The molecule has 10 heterocycles. The van der Waals surface area contributed by atoms with Crippen molar-refractivity contribution in [1.29, 1.82) is 5.26 Å². The van der Waals surface area contributed by atoms with Crippen LogP contribution in [0.3, 0.4) is 0 Å². The molecule has 5 fully saturated rings. The molecule has 0 spiro atoms. The van der Waals surface area contributed by atoms with Crippen LogP contribution >= 0.6 is 11.3 Å². The minimum atomic E-state index is -0.303. The molecule has 2 unspecified atom stereocenters. The van der Waals surface area contributed by atoms with Crippen molar-refractivity contribution < 1.29 is 14.3 Å². The number of aromatic nitrogens is 6. The normalized spacial score (nSPS) is 24.1. The molecule has 2 bridgehead atoms. The van der Waals surface area contributed by atoms with Crippen molar-refractivity contribution in [3.8, 4) is 28.0 Å². The lowest BCUT2D eigenvalue weighted by Crippen LogP contribution is -2.55. The van der Waals surface area contributed by atoms with Crippen molar-refractivity contribution in [1.82, 2.24) is 40.0 Å². The fourth-order valence-electron chi connectivity index (χ4n) is 9.80. The molecule has 5 aliphatic rings. The second-order valence-electron chi connectivity index (χ2n) is 16.7. The molecule has 1 N–H and O–H groups in total. The first kappa shape index (κ1) is 37.0. The molecule has 4 atom stereocenters. The van der Waals surface area contributed by atoms with E-state index in [1.54, 1.807) is 17.5 Å². The van der Waals surface area contributed by atoms with E-state index >= 15 is 0 Å². The van der Waals surface area contributed by atoms with Crippen molar-refractivity contribution in [3.05, 3.63) is 71.7 Å². The molecular formula is C43H47N11O3S. The third kappa shape index (κ3) is 7.33. The summed E-state index contributed by atoms with van der Waals surface area (Å²) in [6.07, 6.45) is 14.0. The number of nitrogens with zero attached hydrogens (tertiary/aromatic N) is 10. The van der Waals surface area contributed by atoms with Gasteiger partial charge in [-0.05, 0) is 105 Å². The second-order valence-corrected chi connectivity index (χ2v) is 17.6. The predicted octanol–water partition coefficient (Wildman–Crippen LogP) is 5.24. The number of hydrogen-bond donors (Lipinski definition) is 1. The van der Waals surface area contributed by atoms with E-state index in [1.807, 2.05) is 47.2 Å². The van der Waals surface area contributed by atoms with Crippen LogP contribution < -0.4 is 15.1 Å². The first-order valence-corrected chi connectivity index (χ1v) is 21.6. The summed E-state index contributed by atoms with van der Waals surface area (Å²) in [5.74, 6) is 1.45. The van der Waals surface area contributed by atoms with Crippen LogP contribution in [-0.4, -0.2) is 105 Å². The van der Waals surface area contributed by atoms with Crippen molar-refractivity contribution in [2.45, 2.75) is 75.8 Å². The van der Waals surface area contributed by atoms with Crippen molar-refractivity contribution >= 4 is 39.6 Å². The number of aryl methyl sites for hydroxylation is 1. The summed E-state index contributed by atoms with van der Waals surface area (Å²) < 4.78 is 7.55. The van der Waals surface area contributed by atoms with Gasteiger partial charge in [0.25, 0.3) is 0 Å². The summed E-state index contributed by atoms with van der Waals surface area (Å²) >= 11 is 1.68. The van der Waals surface area contributed by atoms with Crippen LogP contribution in [0, 0.1) is 23.2 Å².